The van der Waals surface area contributed by atoms with Gasteiger partial charge in [-0.2, -0.15) is 0 Å². The second-order valence-corrected chi connectivity index (χ2v) is 6.76. The van der Waals surface area contributed by atoms with Gasteiger partial charge in [-0.15, -0.1) is 0 Å². The average molecular weight is 423 g/mol. The van der Waals surface area contributed by atoms with Gasteiger partial charge in [0.15, 0.2) is 13.2 Å². The second kappa shape index (κ2) is 11.1. The highest BCUT2D eigenvalue weighted by Gasteiger charge is 2.15. The summed E-state index contributed by atoms with van der Waals surface area (Å²) >= 11 is 5.79. The summed E-state index contributed by atoms with van der Waals surface area (Å²) in [5, 5.41) is 0.577. The van der Waals surface area contributed by atoms with Crippen LogP contribution in [0, 0.1) is 0 Å². The molecule has 0 aliphatic rings. The first-order valence-electron chi connectivity index (χ1n) is 8.89. The van der Waals surface area contributed by atoms with E-state index >= 15 is 0 Å². The minimum Gasteiger partial charge on any atom is -0.497 e. The zero-order valence-electron chi connectivity index (χ0n) is 16.6. The molecular weight excluding hydrogens is 398 g/mol. The van der Waals surface area contributed by atoms with Crippen molar-refractivity contribution in [1.29, 1.82) is 0 Å². The van der Waals surface area contributed by atoms with Crippen molar-refractivity contribution in [2.75, 3.05) is 34.4 Å². The molecular formula is C20H25ClN3O5+. The number of likely N-dealkylation sites (N-methyl/N-ethyl adjacent to an activating group) is 1. The molecule has 0 saturated heterocycles. The lowest BCUT2D eigenvalue weighted by Gasteiger charge is -2.16. The van der Waals surface area contributed by atoms with Gasteiger partial charge in [-0.25, -0.2) is 0 Å². The molecule has 1 atom stereocenters. The van der Waals surface area contributed by atoms with Crippen molar-refractivity contribution in [2.24, 2.45) is 0 Å². The van der Waals surface area contributed by atoms with Crippen molar-refractivity contribution in [2.45, 2.75) is 6.54 Å². The molecule has 0 bridgehead atoms. The Morgan fingerprint density at radius 2 is 1.62 bits per heavy atom. The molecule has 0 saturated carbocycles. The molecule has 3 N–H and O–H groups in total. The molecule has 0 aromatic heterocycles. The first kappa shape index (κ1) is 22.3. The molecule has 1 unspecified atom stereocenters. The Morgan fingerprint density at radius 1 is 0.966 bits per heavy atom. The largest absolute Gasteiger partial charge is 0.497 e. The number of rotatable bonds is 9. The highest BCUT2D eigenvalue weighted by atomic mass is 35.5. The summed E-state index contributed by atoms with van der Waals surface area (Å²) in [5.74, 6) is 1.10. The molecule has 2 rings (SSSR count). The smallest absolute Gasteiger partial charge is 0.293 e. The Hall–Kier alpha value is -2.97. The molecule has 8 nitrogen and oxygen atoms in total. The fourth-order valence-electron chi connectivity index (χ4n) is 2.56. The number of ether oxygens (including phenoxy) is 3. The number of halogens is 1. The third-order valence-electron chi connectivity index (χ3n) is 3.97. The van der Waals surface area contributed by atoms with Crippen LogP contribution in [-0.2, 0) is 16.1 Å². The Bertz CT molecular complexity index is 829. The van der Waals surface area contributed by atoms with Gasteiger partial charge in [0.25, 0.3) is 11.8 Å². The van der Waals surface area contributed by atoms with Crippen LogP contribution in [0.4, 0.5) is 0 Å². The van der Waals surface area contributed by atoms with E-state index in [1.165, 1.54) is 0 Å². The van der Waals surface area contributed by atoms with Gasteiger partial charge in [0.2, 0.25) is 0 Å². The van der Waals surface area contributed by atoms with Crippen LogP contribution in [0.2, 0.25) is 5.02 Å². The van der Waals surface area contributed by atoms with E-state index in [4.69, 9.17) is 25.8 Å². The summed E-state index contributed by atoms with van der Waals surface area (Å²) in [4.78, 5) is 24.8. The fourth-order valence-corrected chi connectivity index (χ4v) is 2.68. The summed E-state index contributed by atoms with van der Waals surface area (Å²) in [6, 6.07) is 12.2. The summed E-state index contributed by atoms with van der Waals surface area (Å²) in [5.41, 5.74) is 5.65. The molecule has 29 heavy (non-hydrogen) atoms. The molecule has 0 aliphatic carbocycles. The maximum Gasteiger partial charge on any atom is 0.293 e. The Labute approximate surface area is 174 Å². The first-order valence-corrected chi connectivity index (χ1v) is 9.27. The van der Waals surface area contributed by atoms with Crippen molar-refractivity contribution < 1.29 is 28.7 Å². The van der Waals surface area contributed by atoms with E-state index in [1.807, 2.05) is 19.2 Å². The zero-order chi connectivity index (χ0) is 21.2. The normalized spacial score (nSPS) is 11.3. The predicted molar refractivity (Wildman–Crippen MR) is 108 cm³/mol. The van der Waals surface area contributed by atoms with Gasteiger partial charge in [-0.3, -0.25) is 20.4 Å². The molecule has 0 heterocycles. The van der Waals surface area contributed by atoms with Crippen LogP contribution < -0.4 is 30.0 Å². The number of carbonyl (C=O) groups excluding carboxylic acids is 2. The van der Waals surface area contributed by atoms with E-state index in [2.05, 4.69) is 10.9 Å². The highest BCUT2D eigenvalue weighted by Crippen LogP contribution is 2.23. The van der Waals surface area contributed by atoms with Gasteiger partial charge in [0.05, 0.1) is 21.3 Å². The SMILES string of the molecule is COc1ccc(C[NH+](C)CC(=O)NNC(=O)COc2ccc(Cl)cc2)c(OC)c1. The molecule has 0 aliphatic heterocycles. The summed E-state index contributed by atoms with van der Waals surface area (Å²) in [6.07, 6.45) is 0. The van der Waals surface area contributed by atoms with Crippen molar-refractivity contribution in [3.05, 3.63) is 53.1 Å². The van der Waals surface area contributed by atoms with Gasteiger partial charge >= 0.3 is 0 Å². The van der Waals surface area contributed by atoms with E-state index in [1.54, 1.807) is 44.6 Å². The second-order valence-electron chi connectivity index (χ2n) is 6.33. The maximum absolute atomic E-state index is 12.1. The van der Waals surface area contributed by atoms with E-state index in [0.29, 0.717) is 28.8 Å². The van der Waals surface area contributed by atoms with Crippen LogP contribution in [0.3, 0.4) is 0 Å². The number of methoxy groups -OCH3 is 2. The number of benzene rings is 2. The van der Waals surface area contributed by atoms with Crippen LogP contribution in [-0.4, -0.2) is 46.2 Å². The van der Waals surface area contributed by atoms with Crippen molar-refractivity contribution in [1.82, 2.24) is 10.9 Å². The minimum absolute atomic E-state index is 0.160. The number of hydrogen-bond acceptors (Lipinski definition) is 5. The number of hydrazine groups is 1. The average Bonchev–Trinajstić information content (AvgIpc) is 2.72. The maximum atomic E-state index is 12.1. The quantitative estimate of drug-likeness (QED) is 0.515. The monoisotopic (exact) mass is 422 g/mol. The van der Waals surface area contributed by atoms with Crippen molar-refractivity contribution in [3.8, 4) is 17.2 Å². The lowest BCUT2D eigenvalue weighted by molar-refractivity contribution is -0.885. The molecule has 9 heteroatoms. The van der Waals surface area contributed by atoms with E-state index in [-0.39, 0.29) is 19.1 Å². The van der Waals surface area contributed by atoms with Crippen molar-refractivity contribution >= 4 is 23.4 Å². The lowest BCUT2D eigenvalue weighted by atomic mass is 10.2. The third-order valence-corrected chi connectivity index (χ3v) is 4.23. The zero-order valence-corrected chi connectivity index (χ0v) is 17.3. The van der Waals surface area contributed by atoms with Crippen LogP contribution in [0.25, 0.3) is 0 Å². The van der Waals surface area contributed by atoms with Crippen LogP contribution in [0.15, 0.2) is 42.5 Å². The van der Waals surface area contributed by atoms with Gasteiger partial charge in [-0.1, -0.05) is 11.6 Å². The first-order chi connectivity index (χ1) is 13.9. The third kappa shape index (κ3) is 7.52. The number of carbonyl (C=O) groups is 2. The summed E-state index contributed by atoms with van der Waals surface area (Å²) in [7, 11) is 5.04. The van der Waals surface area contributed by atoms with E-state index in [0.717, 1.165) is 10.5 Å². The van der Waals surface area contributed by atoms with E-state index < -0.39 is 5.91 Å². The topological polar surface area (TPSA) is 90.3 Å². The number of quaternary nitrogens is 1. The summed E-state index contributed by atoms with van der Waals surface area (Å²) in [6.45, 7) is 0.495. The Balaban J connectivity index is 1.74. The molecule has 0 fully saturated rings. The van der Waals surface area contributed by atoms with Crippen molar-refractivity contribution in [3.63, 3.8) is 0 Å². The lowest BCUT2D eigenvalue weighted by Crippen LogP contribution is -3.09. The van der Waals surface area contributed by atoms with Gasteiger partial charge in [-0.05, 0) is 36.4 Å². The molecule has 2 amide bonds. The van der Waals surface area contributed by atoms with Gasteiger partial charge in [0.1, 0.15) is 23.8 Å². The van der Waals surface area contributed by atoms with Crippen LogP contribution in [0.5, 0.6) is 17.2 Å². The number of nitrogens with one attached hydrogen (secondary N) is 3. The van der Waals surface area contributed by atoms with Crippen LogP contribution >= 0.6 is 11.6 Å². The summed E-state index contributed by atoms with van der Waals surface area (Å²) < 4.78 is 15.9. The Kier molecular flexibility index (Phi) is 8.57. The molecule has 0 spiro atoms. The molecule has 2 aromatic rings. The predicted octanol–water partition coefficient (Wildman–Crippen LogP) is 0.598. The molecule has 156 valence electrons. The van der Waals surface area contributed by atoms with Crippen LogP contribution in [0.1, 0.15) is 5.56 Å². The van der Waals surface area contributed by atoms with Gasteiger partial charge < -0.3 is 19.1 Å². The molecule has 0 radical (unpaired) electrons. The highest BCUT2D eigenvalue weighted by molar-refractivity contribution is 6.30. The minimum atomic E-state index is -0.470. The molecule has 2 aromatic carbocycles. The van der Waals surface area contributed by atoms with Gasteiger partial charge in [0, 0.05) is 16.7 Å². The number of hydrogen-bond donors (Lipinski definition) is 3. The Morgan fingerprint density at radius 3 is 2.28 bits per heavy atom. The van der Waals surface area contributed by atoms with E-state index in [9.17, 15) is 9.59 Å². The number of amides is 2. The fraction of sp³-hybridized carbons (Fsp3) is 0.300. The standard InChI is InChI=1S/C20H24ClN3O5/c1-24(11-14-4-7-17(27-2)10-18(14)28-3)12-19(25)22-23-20(26)13-29-16-8-5-15(21)6-9-16/h4-10H,11-13H2,1-3H3,(H,22,25)(H,23,26)/p+1.